The summed E-state index contributed by atoms with van der Waals surface area (Å²) in [6, 6.07) is 5.86. The highest BCUT2D eigenvalue weighted by Gasteiger charge is 2.32. The van der Waals surface area contributed by atoms with E-state index >= 15 is 0 Å². The number of nitrogens with one attached hydrogen (secondary N) is 1. The molecule has 1 N–H and O–H groups in total. The molecule has 1 aromatic rings. The maximum absolute atomic E-state index is 12.6. The van der Waals surface area contributed by atoms with Gasteiger partial charge in [0.1, 0.15) is 24.2 Å². The summed E-state index contributed by atoms with van der Waals surface area (Å²) in [6.07, 6.45) is 2.64. The van der Waals surface area contributed by atoms with Crippen LogP contribution in [0.3, 0.4) is 0 Å². The number of likely N-dealkylation sites (tertiary alicyclic amines) is 1. The van der Waals surface area contributed by atoms with E-state index in [1.807, 2.05) is 23.1 Å². The average molecular weight is 332 g/mol. The van der Waals surface area contributed by atoms with E-state index < -0.39 is 0 Å². The van der Waals surface area contributed by atoms with Gasteiger partial charge in [-0.25, -0.2) is 0 Å². The maximum atomic E-state index is 12.6. The van der Waals surface area contributed by atoms with Gasteiger partial charge >= 0.3 is 0 Å². The molecule has 6 nitrogen and oxygen atoms in total. The monoisotopic (exact) mass is 332 g/mol. The summed E-state index contributed by atoms with van der Waals surface area (Å²) in [5, 5.41) is 3.32. The van der Waals surface area contributed by atoms with Crippen molar-refractivity contribution in [3.63, 3.8) is 0 Å². The summed E-state index contributed by atoms with van der Waals surface area (Å²) in [5.74, 6) is 2.10. The fourth-order valence-electron chi connectivity index (χ4n) is 3.61. The van der Waals surface area contributed by atoms with Crippen LogP contribution < -0.4 is 14.8 Å². The average Bonchev–Trinajstić information content (AvgIpc) is 3.10. The smallest absolute Gasteiger partial charge is 0.225 e. The lowest BCUT2D eigenvalue weighted by Gasteiger charge is -2.26. The zero-order chi connectivity index (χ0) is 16.4. The number of hydrogen-bond donors (Lipinski definition) is 1. The molecule has 0 bridgehead atoms. The molecule has 0 saturated carbocycles. The summed E-state index contributed by atoms with van der Waals surface area (Å²) in [6.45, 7) is 4.37. The minimum atomic E-state index is 0.0661. The molecule has 3 heterocycles. The van der Waals surface area contributed by atoms with Crippen molar-refractivity contribution in [1.29, 1.82) is 0 Å². The molecule has 1 amide bonds. The van der Waals surface area contributed by atoms with Crippen molar-refractivity contribution in [2.24, 2.45) is 5.92 Å². The van der Waals surface area contributed by atoms with Crippen LogP contribution in [0.25, 0.3) is 0 Å². The Hall–Kier alpha value is -1.95. The topological polar surface area (TPSA) is 60.0 Å². The van der Waals surface area contributed by atoms with Crippen molar-refractivity contribution in [2.45, 2.75) is 25.4 Å². The van der Waals surface area contributed by atoms with Gasteiger partial charge in [0.25, 0.3) is 0 Å². The molecule has 24 heavy (non-hydrogen) atoms. The largest absolute Gasteiger partial charge is 0.490 e. The Morgan fingerprint density at radius 1 is 1.21 bits per heavy atom. The molecular weight excluding hydrogens is 308 g/mol. The number of carbonyl (C=O) groups excluding carboxylic acids is 1. The van der Waals surface area contributed by atoms with Gasteiger partial charge in [0.2, 0.25) is 5.91 Å². The number of benzene rings is 1. The molecule has 3 aliphatic rings. The highest BCUT2D eigenvalue weighted by Crippen LogP contribution is 2.32. The highest BCUT2D eigenvalue weighted by atomic mass is 16.5. The number of rotatable bonds is 3. The van der Waals surface area contributed by atoms with Crippen molar-refractivity contribution >= 4 is 11.6 Å². The first kappa shape index (κ1) is 15.6. The quantitative estimate of drug-likeness (QED) is 0.916. The van der Waals surface area contributed by atoms with E-state index in [4.69, 9.17) is 14.2 Å². The molecule has 4 rings (SSSR count). The zero-order valence-electron chi connectivity index (χ0n) is 13.8. The fraction of sp³-hybridized carbons (Fsp3) is 0.611. The van der Waals surface area contributed by atoms with E-state index in [-0.39, 0.29) is 17.9 Å². The van der Waals surface area contributed by atoms with E-state index in [1.54, 1.807) is 0 Å². The lowest BCUT2D eigenvalue weighted by atomic mass is 9.99. The van der Waals surface area contributed by atoms with E-state index in [9.17, 15) is 4.79 Å². The molecule has 0 spiro atoms. The van der Waals surface area contributed by atoms with Crippen LogP contribution in [0.4, 0.5) is 5.69 Å². The number of carbonyl (C=O) groups is 1. The van der Waals surface area contributed by atoms with Crippen LogP contribution in [0.5, 0.6) is 11.5 Å². The van der Waals surface area contributed by atoms with Crippen molar-refractivity contribution in [3.05, 3.63) is 18.2 Å². The van der Waals surface area contributed by atoms with Gasteiger partial charge in [-0.05, 0) is 25.0 Å². The summed E-state index contributed by atoms with van der Waals surface area (Å²) < 4.78 is 17.0. The molecule has 2 saturated heterocycles. The lowest BCUT2D eigenvalue weighted by Crippen LogP contribution is -2.38. The minimum absolute atomic E-state index is 0.0661. The highest BCUT2D eigenvalue weighted by molar-refractivity contribution is 5.79. The van der Waals surface area contributed by atoms with Crippen LogP contribution in [-0.2, 0) is 9.53 Å². The molecule has 2 fully saturated rings. The maximum Gasteiger partial charge on any atom is 0.225 e. The van der Waals surface area contributed by atoms with E-state index in [2.05, 4.69) is 5.32 Å². The second kappa shape index (κ2) is 6.89. The normalized spacial score (nSPS) is 24.0. The number of hydrogen-bond acceptors (Lipinski definition) is 5. The first-order valence-corrected chi connectivity index (χ1v) is 8.83. The fourth-order valence-corrected chi connectivity index (χ4v) is 3.61. The number of nitrogens with zero attached hydrogens (tertiary/aromatic N) is 1. The Bertz CT molecular complexity index is 601. The van der Waals surface area contributed by atoms with Crippen molar-refractivity contribution in [1.82, 2.24) is 4.90 Å². The molecule has 6 heteroatoms. The zero-order valence-corrected chi connectivity index (χ0v) is 13.8. The van der Waals surface area contributed by atoms with Gasteiger partial charge in [0, 0.05) is 44.7 Å². The Morgan fingerprint density at radius 3 is 2.96 bits per heavy atom. The molecule has 1 aromatic carbocycles. The van der Waals surface area contributed by atoms with Crippen LogP contribution in [0.2, 0.25) is 0 Å². The summed E-state index contributed by atoms with van der Waals surface area (Å²) in [7, 11) is 0. The summed E-state index contributed by atoms with van der Waals surface area (Å²) in [4.78, 5) is 14.5. The molecule has 1 atom stereocenters. The lowest BCUT2D eigenvalue weighted by molar-refractivity contribution is -0.137. The van der Waals surface area contributed by atoms with Gasteiger partial charge in [-0.15, -0.1) is 0 Å². The number of fused-ring (bicyclic) bond motifs is 1. The Morgan fingerprint density at radius 2 is 2.08 bits per heavy atom. The van der Waals surface area contributed by atoms with Crippen molar-refractivity contribution < 1.29 is 19.0 Å². The molecule has 0 aromatic heterocycles. The first-order valence-electron chi connectivity index (χ1n) is 8.83. The third kappa shape index (κ3) is 3.29. The standard InChI is InChI=1S/C18H24N2O4/c21-18(13-4-8-22-9-5-13)20-7-3-15(12-20)24-14-1-2-17-16(11-14)19-6-10-23-17/h1-2,11,13,15,19H,3-10,12H2. The van der Waals surface area contributed by atoms with Crippen LogP contribution >= 0.6 is 0 Å². The van der Waals surface area contributed by atoms with E-state index in [0.29, 0.717) is 26.4 Å². The third-order valence-corrected chi connectivity index (χ3v) is 4.96. The number of amides is 1. The SMILES string of the molecule is O=C(C1CCOCC1)N1CCC(Oc2ccc3c(c2)NCCO3)C1. The molecule has 0 radical (unpaired) electrons. The van der Waals surface area contributed by atoms with Crippen molar-refractivity contribution in [3.8, 4) is 11.5 Å². The predicted molar refractivity (Wildman–Crippen MR) is 89.6 cm³/mol. The Balaban J connectivity index is 1.34. The molecule has 0 aliphatic carbocycles. The Kier molecular flexibility index (Phi) is 4.47. The molecule has 3 aliphatic heterocycles. The van der Waals surface area contributed by atoms with E-state index in [1.165, 1.54) is 0 Å². The number of ether oxygens (including phenoxy) is 3. The predicted octanol–water partition coefficient (Wildman–Crippen LogP) is 1.90. The second-order valence-corrected chi connectivity index (χ2v) is 6.63. The van der Waals surface area contributed by atoms with Gasteiger partial charge in [-0.1, -0.05) is 0 Å². The number of anilines is 1. The Labute approximate surface area is 142 Å². The van der Waals surface area contributed by atoms with E-state index in [0.717, 1.165) is 49.5 Å². The van der Waals surface area contributed by atoms with Crippen LogP contribution in [0.1, 0.15) is 19.3 Å². The van der Waals surface area contributed by atoms with Gasteiger partial charge in [-0.2, -0.15) is 0 Å². The molecular formula is C18H24N2O4. The molecule has 1 unspecified atom stereocenters. The van der Waals surface area contributed by atoms with Crippen LogP contribution in [0.15, 0.2) is 18.2 Å². The van der Waals surface area contributed by atoms with Gasteiger partial charge in [0.05, 0.1) is 12.2 Å². The van der Waals surface area contributed by atoms with Crippen LogP contribution in [-0.4, -0.2) is 56.4 Å². The second-order valence-electron chi connectivity index (χ2n) is 6.63. The minimum Gasteiger partial charge on any atom is -0.490 e. The molecule has 130 valence electrons. The van der Waals surface area contributed by atoms with Gasteiger partial charge in [0.15, 0.2) is 0 Å². The van der Waals surface area contributed by atoms with Gasteiger partial charge < -0.3 is 24.4 Å². The third-order valence-electron chi connectivity index (χ3n) is 4.96. The summed E-state index contributed by atoms with van der Waals surface area (Å²) >= 11 is 0. The first-order chi connectivity index (χ1) is 11.8. The van der Waals surface area contributed by atoms with Gasteiger partial charge in [-0.3, -0.25) is 4.79 Å². The van der Waals surface area contributed by atoms with Crippen molar-refractivity contribution in [2.75, 3.05) is 44.8 Å². The summed E-state index contributed by atoms with van der Waals surface area (Å²) in [5.41, 5.74) is 0.979. The van der Waals surface area contributed by atoms with Crippen LogP contribution in [0, 0.1) is 5.92 Å².